The van der Waals surface area contributed by atoms with E-state index < -0.39 is 0 Å². The van der Waals surface area contributed by atoms with E-state index in [1.165, 1.54) is 0 Å². The summed E-state index contributed by atoms with van der Waals surface area (Å²) >= 11 is 0. The van der Waals surface area contributed by atoms with Gasteiger partial charge in [0, 0.05) is 18.0 Å². The van der Waals surface area contributed by atoms with Crippen molar-refractivity contribution in [2.75, 3.05) is 7.11 Å². The fraction of sp³-hybridized carbons (Fsp3) is 0.588. The Morgan fingerprint density at radius 2 is 2.10 bits per heavy atom. The molecule has 3 rings (SSSR count). The molecule has 2 aromatic rings. The molecule has 4 heteroatoms. The van der Waals surface area contributed by atoms with Crippen LogP contribution in [0.5, 0.6) is 5.75 Å². The van der Waals surface area contributed by atoms with Crippen molar-refractivity contribution >= 4 is 11.0 Å². The van der Waals surface area contributed by atoms with Gasteiger partial charge in [-0.1, -0.05) is 20.8 Å². The number of hydrogen-bond donors (Lipinski definition) is 2. The Morgan fingerprint density at radius 3 is 2.81 bits per heavy atom. The molecule has 1 aliphatic carbocycles. The summed E-state index contributed by atoms with van der Waals surface area (Å²) in [6.07, 6.45) is 2.16. The van der Waals surface area contributed by atoms with Crippen LogP contribution in [0.1, 0.15) is 45.4 Å². The highest BCUT2D eigenvalue weighted by atomic mass is 16.5. The first kappa shape index (κ1) is 14.4. The number of imidazole rings is 1. The van der Waals surface area contributed by atoms with Gasteiger partial charge in [0.25, 0.3) is 0 Å². The number of aromatic amines is 1. The van der Waals surface area contributed by atoms with Crippen molar-refractivity contribution in [3.63, 3.8) is 0 Å². The molecule has 0 bridgehead atoms. The maximum absolute atomic E-state index is 6.26. The number of hydrogen-bond acceptors (Lipinski definition) is 3. The summed E-state index contributed by atoms with van der Waals surface area (Å²) in [5.41, 5.74) is 8.46. The molecule has 3 atom stereocenters. The number of nitrogens with zero attached hydrogens (tertiary/aromatic N) is 1. The topological polar surface area (TPSA) is 63.9 Å². The number of nitrogens with one attached hydrogen (secondary N) is 1. The van der Waals surface area contributed by atoms with E-state index in [0.29, 0.717) is 17.9 Å². The zero-order valence-corrected chi connectivity index (χ0v) is 13.3. The lowest BCUT2D eigenvalue weighted by Crippen LogP contribution is -2.46. The predicted octanol–water partition coefficient (Wildman–Crippen LogP) is 3.44. The SMILES string of the molecule is COc1ccc2nc(C3CCC(N)C(C)C3(C)C)[nH]c2c1. The Bertz CT molecular complexity index is 647. The summed E-state index contributed by atoms with van der Waals surface area (Å²) in [5.74, 6) is 2.85. The van der Waals surface area contributed by atoms with Crippen LogP contribution in [-0.2, 0) is 0 Å². The van der Waals surface area contributed by atoms with Gasteiger partial charge in [-0.25, -0.2) is 4.98 Å². The first-order valence-electron chi connectivity index (χ1n) is 7.72. The number of ether oxygens (including phenoxy) is 1. The van der Waals surface area contributed by atoms with E-state index in [-0.39, 0.29) is 5.41 Å². The third kappa shape index (κ3) is 2.31. The van der Waals surface area contributed by atoms with Gasteiger partial charge in [-0.3, -0.25) is 0 Å². The van der Waals surface area contributed by atoms with Crippen LogP contribution in [0, 0.1) is 11.3 Å². The Morgan fingerprint density at radius 1 is 1.33 bits per heavy atom. The molecule has 1 fully saturated rings. The van der Waals surface area contributed by atoms with Crippen molar-refractivity contribution in [2.45, 2.75) is 45.6 Å². The number of nitrogens with two attached hydrogens (primary N) is 1. The third-order valence-electron chi connectivity index (χ3n) is 5.54. The minimum atomic E-state index is 0.148. The lowest BCUT2D eigenvalue weighted by Gasteiger charge is -2.46. The van der Waals surface area contributed by atoms with Gasteiger partial charge < -0.3 is 15.5 Å². The molecule has 0 spiro atoms. The molecule has 0 radical (unpaired) electrons. The maximum atomic E-state index is 6.26. The highest BCUT2D eigenvalue weighted by Crippen LogP contribution is 2.49. The summed E-state index contributed by atoms with van der Waals surface area (Å²) in [5, 5.41) is 0. The smallest absolute Gasteiger partial charge is 0.121 e. The van der Waals surface area contributed by atoms with Crippen molar-refractivity contribution in [2.24, 2.45) is 17.1 Å². The Balaban J connectivity index is 1.99. The second-order valence-corrected chi connectivity index (χ2v) is 6.91. The fourth-order valence-electron chi connectivity index (χ4n) is 3.64. The second-order valence-electron chi connectivity index (χ2n) is 6.91. The number of fused-ring (bicyclic) bond motifs is 1. The van der Waals surface area contributed by atoms with E-state index in [1.807, 2.05) is 18.2 Å². The van der Waals surface area contributed by atoms with E-state index in [0.717, 1.165) is 35.4 Å². The van der Waals surface area contributed by atoms with Crippen molar-refractivity contribution in [3.05, 3.63) is 24.0 Å². The van der Waals surface area contributed by atoms with Gasteiger partial charge in [0.05, 0.1) is 18.1 Å². The Kier molecular flexibility index (Phi) is 3.44. The molecule has 21 heavy (non-hydrogen) atoms. The van der Waals surface area contributed by atoms with E-state index in [9.17, 15) is 0 Å². The van der Waals surface area contributed by atoms with Crippen molar-refractivity contribution in [1.29, 1.82) is 0 Å². The first-order valence-corrected chi connectivity index (χ1v) is 7.72. The van der Waals surface area contributed by atoms with E-state index in [4.69, 9.17) is 15.5 Å². The highest BCUT2D eigenvalue weighted by molar-refractivity contribution is 5.77. The second kappa shape index (κ2) is 5.02. The number of benzene rings is 1. The van der Waals surface area contributed by atoms with Crippen LogP contribution in [0.2, 0.25) is 0 Å². The molecule has 1 heterocycles. The van der Waals surface area contributed by atoms with Crippen molar-refractivity contribution in [1.82, 2.24) is 9.97 Å². The van der Waals surface area contributed by atoms with E-state index in [1.54, 1.807) is 7.11 Å². The summed E-state index contributed by atoms with van der Waals surface area (Å²) in [7, 11) is 1.69. The van der Waals surface area contributed by atoms with Gasteiger partial charge in [0.2, 0.25) is 0 Å². The van der Waals surface area contributed by atoms with Gasteiger partial charge in [-0.15, -0.1) is 0 Å². The average molecular weight is 287 g/mol. The molecule has 1 aliphatic rings. The number of aromatic nitrogens is 2. The molecule has 3 unspecified atom stereocenters. The normalized spacial score (nSPS) is 28.7. The third-order valence-corrected chi connectivity index (χ3v) is 5.54. The zero-order chi connectivity index (χ0) is 15.2. The molecule has 1 aromatic carbocycles. The van der Waals surface area contributed by atoms with Crippen LogP contribution >= 0.6 is 0 Å². The van der Waals surface area contributed by atoms with E-state index >= 15 is 0 Å². The number of rotatable bonds is 2. The summed E-state index contributed by atoms with van der Waals surface area (Å²) in [6.45, 7) is 6.90. The first-order chi connectivity index (χ1) is 9.93. The van der Waals surface area contributed by atoms with Crippen LogP contribution in [0.4, 0.5) is 0 Å². The zero-order valence-electron chi connectivity index (χ0n) is 13.3. The average Bonchev–Trinajstić information content (AvgIpc) is 2.87. The molecule has 0 saturated heterocycles. The standard InChI is InChI=1S/C17H25N3O/c1-10-13(18)7-6-12(17(10,2)3)16-19-14-8-5-11(21-4)9-15(14)20-16/h5,8-10,12-13H,6-7,18H2,1-4H3,(H,19,20). The van der Waals surface area contributed by atoms with Gasteiger partial charge in [0.1, 0.15) is 11.6 Å². The molecule has 0 amide bonds. The Hall–Kier alpha value is -1.55. The molecular weight excluding hydrogens is 262 g/mol. The largest absolute Gasteiger partial charge is 0.497 e. The van der Waals surface area contributed by atoms with Gasteiger partial charge in [0.15, 0.2) is 0 Å². The van der Waals surface area contributed by atoms with Crippen LogP contribution in [-0.4, -0.2) is 23.1 Å². The highest BCUT2D eigenvalue weighted by Gasteiger charge is 2.43. The monoisotopic (exact) mass is 287 g/mol. The van der Waals surface area contributed by atoms with Crippen LogP contribution in [0.15, 0.2) is 18.2 Å². The molecular formula is C17H25N3O. The molecule has 0 aliphatic heterocycles. The minimum Gasteiger partial charge on any atom is -0.497 e. The minimum absolute atomic E-state index is 0.148. The van der Waals surface area contributed by atoms with Gasteiger partial charge in [-0.2, -0.15) is 0 Å². The van der Waals surface area contributed by atoms with Crippen molar-refractivity contribution < 1.29 is 4.74 Å². The maximum Gasteiger partial charge on any atom is 0.121 e. The van der Waals surface area contributed by atoms with Gasteiger partial charge in [-0.05, 0) is 36.3 Å². The van der Waals surface area contributed by atoms with Crippen LogP contribution in [0.3, 0.4) is 0 Å². The molecule has 3 N–H and O–H groups in total. The lowest BCUT2D eigenvalue weighted by atomic mass is 9.61. The Labute approximate surface area is 126 Å². The van der Waals surface area contributed by atoms with Crippen LogP contribution in [0.25, 0.3) is 11.0 Å². The summed E-state index contributed by atoms with van der Waals surface area (Å²) in [6, 6.07) is 6.27. The fourth-order valence-corrected chi connectivity index (χ4v) is 3.64. The lowest BCUT2D eigenvalue weighted by molar-refractivity contribution is 0.0954. The molecule has 114 valence electrons. The van der Waals surface area contributed by atoms with Gasteiger partial charge >= 0.3 is 0 Å². The predicted molar refractivity (Wildman–Crippen MR) is 85.5 cm³/mol. The van der Waals surface area contributed by atoms with E-state index in [2.05, 4.69) is 25.8 Å². The molecule has 1 aromatic heterocycles. The molecule has 1 saturated carbocycles. The molecule has 4 nitrogen and oxygen atoms in total. The van der Waals surface area contributed by atoms with Crippen molar-refractivity contribution in [3.8, 4) is 5.75 Å². The van der Waals surface area contributed by atoms with Crippen LogP contribution < -0.4 is 10.5 Å². The quantitative estimate of drug-likeness (QED) is 0.889. The number of methoxy groups -OCH3 is 1. The summed E-state index contributed by atoms with van der Waals surface area (Å²) in [4.78, 5) is 8.31. The summed E-state index contributed by atoms with van der Waals surface area (Å²) < 4.78 is 5.28. The number of H-pyrrole nitrogens is 1.